The minimum absolute atomic E-state index is 0.0480. The highest BCUT2D eigenvalue weighted by Crippen LogP contribution is 2.23. The standard InChI is InChI=1S/C28H24ClNO2/c1-19(31)26-8-3-2-6-21(26)12-16-28(32)23-7-4-5-20(17-23)9-14-25-15-11-22-10-13-24(29)18-27(22)30-25/h2-11,13-15,17-18,28,32H,12,16H2,1H3/t28-/m0/s1. The van der Waals surface area contributed by atoms with E-state index in [1.165, 1.54) is 0 Å². The van der Waals surface area contributed by atoms with Crippen molar-refractivity contribution in [2.24, 2.45) is 0 Å². The molecule has 0 aliphatic heterocycles. The third-order valence-electron chi connectivity index (χ3n) is 5.50. The summed E-state index contributed by atoms with van der Waals surface area (Å²) in [5.74, 6) is 0.0480. The second-order valence-corrected chi connectivity index (χ2v) is 8.28. The van der Waals surface area contributed by atoms with Gasteiger partial charge in [-0.15, -0.1) is 0 Å². The summed E-state index contributed by atoms with van der Waals surface area (Å²) in [6.45, 7) is 1.57. The lowest BCUT2D eigenvalue weighted by atomic mass is 9.96. The maximum absolute atomic E-state index is 11.8. The smallest absolute Gasteiger partial charge is 0.160 e. The Hall–Kier alpha value is -3.27. The zero-order chi connectivity index (χ0) is 22.5. The van der Waals surface area contributed by atoms with E-state index in [4.69, 9.17) is 11.6 Å². The number of aliphatic hydroxyl groups excluding tert-OH is 1. The SMILES string of the molecule is CC(=O)c1ccccc1CC[C@H](O)c1cccc(C=Cc2ccc3ccc(Cl)cc3n2)c1. The Morgan fingerprint density at radius 3 is 2.66 bits per heavy atom. The molecule has 0 bridgehead atoms. The minimum atomic E-state index is -0.607. The van der Waals surface area contributed by atoms with E-state index >= 15 is 0 Å². The molecule has 0 radical (unpaired) electrons. The first kappa shape index (κ1) is 21.9. The van der Waals surface area contributed by atoms with E-state index < -0.39 is 6.10 Å². The molecule has 4 aromatic rings. The van der Waals surface area contributed by atoms with Gasteiger partial charge in [0, 0.05) is 16.0 Å². The zero-order valence-electron chi connectivity index (χ0n) is 17.8. The van der Waals surface area contributed by atoms with Crippen LogP contribution in [-0.2, 0) is 6.42 Å². The van der Waals surface area contributed by atoms with Crippen LogP contribution in [0, 0.1) is 0 Å². The number of aromatic nitrogens is 1. The molecule has 0 saturated heterocycles. The average Bonchev–Trinajstić information content (AvgIpc) is 2.81. The predicted octanol–water partition coefficient (Wildman–Crippen LogP) is 6.93. The average molecular weight is 442 g/mol. The molecule has 4 heteroatoms. The molecule has 160 valence electrons. The van der Waals surface area contributed by atoms with Crippen LogP contribution in [0.4, 0.5) is 0 Å². The number of hydrogen-bond donors (Lipinski definition) is 1. The first-order chi connectivity index (χ1) is 15.5. The van der Waals surface area contributed by atoms with E-state index in [1.807, 2.05) is 91.0 Å². The van der Waals surface area contributed by atoms with Crippen LogP contribution in [-0.4, -0.2) is 15.9 Å². The number of Topliss-reactive ketones (excluding diaryl/α,β-unsaturated/α-hetero) is 1. The monoisotopic (exact) mass is 441 g/mol. The number of hydrogen-bond acceptors (Lipinski definition) is 3. The molecule has 0 spiro atoms. The first-order valence-electron chi connectivity index (χ1n) is 10.6. The molecule has 0 saturated carbocycles. The number of rotatable bonds is 7. The van der Waals surface area contributed by atoms with E-state index in [0.29, 0.717) is 17.9 Å². The van der Waals surface area contributed by atoms with Gasteiger partial charge in [0.05, 0.1) is 17.3 Å². The summed E-state index contributed by atoms with van der Waals surface area (Å²) < 4.78 is 0. The third-order valence-corrected chi connectivity index (χ3v) is 5.74. The van der Waals surface area contributed by atoms with Crippen LogP contribution in [0.15, 0.2) is 78.9 Å². The summed E-state index contributed by atoms with van der Waals surface area (Å²) >= 11 is 6.08. The van der Waals surface area contributed by atoms with Crippen molar-refractivity contribution < 1.29 is 9.90 Å². The molecule has 32 heavy (non-hydrogen) atoms. The van der Waals surface area contributed by atoms with Crippen molar-refractivity contribution in [3.8, 4) is 0 Å². The van der Waals surface area contributed by atoms with Gasteiger partial charge >= 0.3 is 0 Å². The molecule has 1 heterocycles. The summed E-state index contributed by atoms with van der Waals surface area (Å²) in [7, 11) is 0. The predicted molar refractivity (Wildman–Crippen MR) is 132 cm³/mol. The molecule has 1 aromatic heterocycles. The fraction of sp³-hybridized carbons (Fsp3) is 0.143. The van der Waals surface area contributed by atoms with Gasteiger partial charge < -0.3 is 5.11 Å². The summed E-state index contributed by atoms with van der Waals surface area (Å²) in [6, 6.07) is 25.1. The largest absolute Gasteiger partial charge is 0.388 e. The summed E-state index contributed by atoms with van der Waals surface area (Å²) in [4.78, 5) is 16.5. The van der Waals surface area contributed by atoms with Crippen LogP contribution in [0.3, 0.4) is 0 Å². The third kappa shape index (κ3) is 5.31. The van der Waals surface area contributed by atoms with E-state index in [-0.39, 0.29) is 5.78 Å². The molecule has 4 rings (SSSR count). The molecule has 1 N–H and O–H groups in total. The Morgan fingerprint density at radius 1 is 1.00 bits per heavy atom. The molecule has 3 nitrogen and oxygen atoms in total. The van der Waals surface area contributed by atoms with E-state index in [0.717, 1.165) is 38.9 Å². The number of carbonyl (C=O) groups is 1. The van der Waals surface area contributed by atoms with Crippen molar-refractivity contribution in [1.29, 1.82) is 0 Å². The minimum Gasteiger partial charge on any atom is -0.388 e. The van der Waals surface area contributed by atoms with Gasteiger partial charge in [-0.2, -0.15) is 0 Å². The lowest BCUT2D eigenvalue weighted by molar-refractivity contribution is 0.101. The molecule has 3 aromatic carbocycles. The Balaban J connectivity index is 1.47. The highest BCUT2D eigenvalue weighted by atomic mass is 35.5. The number of aryl methyl sites for hydroxylation is 1. The molecule has 0 fully saturated rings. The van der Waals surface area contributed by atoms with Crippen LogP contribution in [0.5, 0.6) is 0 Å². The van der Waals surface area contributed by atoms with Crippen molar-refractivity contribution in [2.75, 3.05) is 0 Å². The molecule has 0 aliphatic rings. The van der Waals surface area contributed by atoms with Gasteiger partial charge in [-0.05, 0) is 66.8 Å². The van der Waals surface area contributed by atoms with Gasteiger partial charge in [-0.25, -0.2) is 4.98 Å². The highest BCUT2D eigenvalue weighted by Gasteiger charge is 2.11. The fourth-order valence-electron chi connectivity index (χ4n) is 3.79. The number of ketones is 1. The van der Waals surface area contributed by atoms with Crippen molar-refractivity contribution in [3.05, 3.63) is 112 Å². The first-order valence-corrected chi connectivity index (χ1v) is 11.0. The fourth-order valence-corrected chi connectivity index (χ4v) is 3.96. The van der Waals surface area contributed by atoms with Gasteiger partial charge in [0.15, 0.2) is 5.78 Å². The van der Waals surface area contributed by atoms with Crippen LogP contribution in [0.25, 0.3) is 23.1 Å². The van der Waals surface area contributed by atoms with Crippen molar-refractivity contribution in [1.82, 2.24) is 4.98 Å². The van der Waals surface area contributed by atoms with E-state index in [1.54, 1.807) is 6.92 Å². The van der Waals surface area contributed by atoms with Crippen LogP contribution < -0.4 is 0 Å². The number of halogens is 1. The Kier molecular flexibility index (Phi) is 6.79. The second-order valence-electron chi connectivity index (χ2n) is 7.84. The Bertz CT molecular complexity index is 1300. The topological polar surface area (TPSA) is 50.2 Å². The van der Waals surface area contributed by atoms with Crippen LogP contribution in [0.1, 0.15) is 52.2 Å². The molecular formula is C28H24ClNO2. The molecule has 0 aliphatic carbocycles. The second kappa shape index (κ2) is 9.90. The number of benzene rings is 3. The van der Waals surface area contributed by atoms with Gasteiger partial charge in [0.1, 0.15) is 0 Å². The van der Waals surface area contributed by atoms with Crippen molar-refractivity contribution >= 4 is 40.4 Å². The highest BCUT2D eigenvalue weighted by molar-refractivity contribution is 6.31. The van der Waals surface area contributed by atoms with Crippen LogP contribution in [0.2, 0.25) is 5.02 Å². The molecular weight excluding hydrogens is 418 g/mol. The van der Waals surface area contributed by atoms with E-state index in [9.17, 15) is 9.90 Å². The Labute approximate surface area is 193 Å². The lowest BCUT2D eigenvalue weighted by Gasteiger charge is -2.13. The molecule has 0 unspecified atom stereocenters. The maximum atomic E-state index is 11.8. The lowest BCUT2D eigenvalue weighted by Crippen LogP contribution is -2.04. The number of fused-ring (bicyclic) bond motifs is 1. The van der Waals surface area contributed by atoms with Gasteiger partial charge in [-0.1, -0.05) is 72.3 Å². The number of carbonyl (C=O) groups excluding carboxylic acids is 1. The summed E-state index contributed by atoms with van der Waals surface area (Å²) in [5.41, 5.74) is 5.23. The maximum Gasteiger partial charge on any atom is 0.160 e. The summed E-state index contributed by atoms with van der Waals surface area (Å²) in [6.07, 6.45) is 4.52. The number of aliphatic hydroxyl groups is 1. The quantitative estimate of drug-likeness (QED) is 0.316. The van der Waals surface area contributed by atoms with E-state index in [2.05, 4.69) is 4.98 Å². The van der Waals surface area contributed by atoms with Gasteiger partial charge in [0.2, 0.25) is 0 Å². The van der Waals surface area contributed by atoms with Crippen LogP contribution >= 0.6 is 11.6 Å². The summed E-state index contributed by atoms with van der Waals surface area (Å²) in [5, 5.41) is 12.4. The Morgan fingerprint density at radius 2 is 1.81 bits per heavy atom. The number of nitrogens with zero attached hydrogens (tertiary/aromatic N) is 1. The zero-order valence-corrected chi connectivity index (χ0v) is 18.6. The normalized spacial score (nSPS) is 12.3. The van der Waals surface area contributed by atoms with Crippen molar-refractivity contribution in [3.63, 3.8) is 0 Å². The van der Waals surface area contributed by atoms with Gasteiger partial charge in [-0.3, -0.25) is 4.79 Å². The number of pyridine rings is 1. The van der Waals surface area contributed by atoms with Crippen molar-refractivity contribution in [2.45, 2.75) is 25.9 Å². The molecule has 1 atom stereocenters. The van der Waals surface area contributed by atoms with Gasteiger partial charge in [0.25, 0.3) is 0 Å². The molecule has 0 amide bonds.